The Balaban J connectivity index is 1.20. The minimum absolute atomic E-state index is 0.0885. The number of benzene rings is 3. The van der Waals surface area contributed by atoms with Crippen LogP contribution in [0.3, 0.4) is 0 Å². The summed E-state index contributed by atoms with van der Waals surface area (Å²) in [6, 6.07) is 26.0. The van der Waals surface area contributed by atoms with Gasteiger partial charge >= 0.3 is 0 Å². The molecule has 0 spiro atoms. The zero-order valence-corrected chi connectivity index (χ0v) is 18.8. The highest BCUT2D eigenvalue weighted by atomic mass is 16.4. The maximum absolute atomic E-state index is 13.0. The zero-order valence-electron chi connectivity index (χ0n) is 18.8. The van der Waals surface area contributed by atoms with E-state index in [-0.39, 0.29) is 5.91 Å². The molecular formula is C28H27N3O2. The summed E-state index contributed by atoms with van der Waals surface area (Å²) >= 11 is 0. The molecule has 0 atom stereocenters. The molecule has 33 heavy (non-hydrogen) atoms. The molecule has 166 valence electrons. The van der Waals surface area contributed by atoms with E-state index in [9.17, 15) is 4.79 Å². The number of hydrogen-bond donors (Lipinski definition) is 0. The van der Waals surface area contributed by atoms with Gasteiger partial charge in [-0.25, -0.2) is 0 Å². The number of aromatic nitrogens is 2. The van der Waals surface area contributed by atoms with Gasteiger partial charge in [0.15, 0.2) is 0 Å². The zero-order chi connectivity index (χ0) is 22.6. The number of carbonyl (C=O) groups is 1. The molecular weight excluding hydrogens is 410 g/mol. The Morgan fingerprint density at radius 2 is 1.42 bits per heavy atom. The predicted octanol–water partition coefficient (Wildman–Crippen LogP) is 5.81. The van der Waals surface area contributed by atoms with Crippen LogP contribution in [0.5, 0.6) is 0 Å². The van der Waals surface area contributed by atoms with Crippen molar-refractivity contribution in [2.24, 2.45) is 5.92 Å². The van der Waals surface area contributed by atoms with Crippen LogP contribution in [0, 0.1) is 12.8 Å². The van der Waals surface area contributed by atoms with Crippen molar-refractivity contribution in [2.45, 2.75) is 26.2 Å². The van der Waals surface area contributed by atoms with Gasteiger partial charge in [-0.05, 0) is 74.1 Å². The van der Waals surface area contributed by atoms with Crippen LogP contribution >= 0.6 is 0 Å². The van der Waals surface area contributed by atoms with E-state index in [1.165, 1.54) is 11.1 Å². The first-order chi connectivity index (χ1) is 16.2. The first-order valence-corrected chi connectivity index (χ1v) is 11.5. The molecule has 4 aromatic rings. The number of aryl methyl sites for hydroxylation is 1. The summed E-state index contributed by atoms with van der Waals surface area (Å²) in [4.78, 5) is 15.0. The summed E-state index contributed by atoms with van der Waals surface area (Å²) in [5, 5.41) is 8.35. The third-order valence-corrected chi connectivity index (χ3v) is 6.37. The molecule has 0 radical (unpaired) electrons. The van der Waals surface area contributed by atoms with Gasteiger partial charge in [0, 0.05) is 29.8 Å². The number of rotatable bonds is 5. The molecule has 1 aliphatic heterocycles. The summed E-state index contributed by atoms with van der Waals surface area (Å²) < 4.78 is 5.86. The van der Waals surface area contributed by atoms with Crippen LogP contribution in [-0.4, -0.2) is 34.1 Å². The fraction of sp³-hybridized carbons (Fsp3) is 0.250. The van der Waals surface area contributed by atoms with Crippen LogP contribution in [-0.2, 0) is 6.42 Å². The molecule has 0 unspecified atom stereocenters. The molecule has 5 heteroatoms. The first-order valence-electron chi connectivity index (χ1n) is 11.5. The van der Waals surface area contributed by atoms with Crippen molar-refractivity contribution in [1.29, 1.82) is 0 Å². The van der Waals surface area contributed by atoms with Crippen LogP contribution in [0.1, 0.15) is 34.3 Å². The van der Waals surface area contributed by atoms with Crippen LogP contribution in [0.4, 0.5) is 0 Å². The highest BCUT2D eigenvalue weighted by Gasteiger charge is 2.24. The standard InChI is InChI=1S/C28H27N3O2/c1-20-7-9-23(10-8-20)26-29-30-27(33-26)24-11-13-25(14-12-24)28(32)31-17-15-22(16-18-31)19-21-5-3-2-4-6-21/h2-14,22H,15-19H2,1H3. The van der Waals surface area contributed by atoms with Gasteiger partial charge in [0.2, 0.25) is 11.8 Å². The number of nitrogens with zero attached hydrogens (tertiary/aromatic N) is 3. The largest absolute Gasteiger partial charge is 0.416 e. The van der Waals surface area contributed by atoms with E-state index in [0.29, 0.717) is 23.3 Å². The number of hydrogen-bond acceptors (Lipinski definition) is 4. The Kier molecular flexibility index (Phi) is 6.03. The number of amides is 1. The number of carbonyl (C=O) groups excluding carboxylic acids is 1. The summed E-state index contributed by atoms with van der Waals surface area (Å²) in [6.45, 7) is 3.65. The van der Waals surface area contributed by atoms with E-state index < -0.39 is 0 Å². The Morgan fingerprint density at radius 1 is 0.848 bits per heavy atom. The summed E-state index contributed by atoms with van der Waals surface area (Å²) in [7, 11) is 0. The fourth-order valence-corrected chi connectivity index (χ4v) is 4.38. The van der Waals surface area contributed by atoms with E-state index in [1.54, 1.807) is 0 Å². The molecule has 5 nitrogen and oxygen atoms in total. The van der Waals surface area contributed by atoms with E-state index in [4.69, 9.17) is 4.42 Å². The van der Waals surface area contributed by atoms with Crippen molar-refractivity contribution in [3.8, 4) is 22.9 Å². The lowest BCUT2D eigenvalue weighted by Crippen LogP contribution is -2.38. The Hall–Kier alpha value is -3.73. The Bertz CT molecular complexity index is 1210. The molecule has 5 rings (SSSR count). The van der Waals surface area contributed by atoms with Gasteiger partial charge in [0.05, 0.1) is 0 Å². The molecule has 0 N–H and O–H groups in total. The van der Waals surface area contributed by atoms with E-state index in [2.05, 4.69) is 40.5 Å². The van der Waals surface area contributed by atoms with Gasteiger partial charge in [-0.2, -0.15) is 0 Å². The normalized spacial score (nSPS) is 14.4. The van der Waals surface area contributed by atoms with Crippen molar-refractivity contribution < 1.29 is 9.21 Å². The van der Waals surface area contributed by atoms with Gasteiger partial charge in [0.25, 0.3) is 5.91 Å². The molecule has 2 heterocycles. The van der Waals surface area contributed by atoms with Crippen LogP contribution in [0.2, 0.25) is 0 Å². The number of piperidine rings is 1. The van der Waals surface area contributed by atoms with E-state index in [1.807, 2.05) is 60.4 Å². The van der Waals surface area contributed by atoms with E-state index >= 15 is 0 Å². The molecule has 1 saturated heterocycles. The average Bonchev–Trinajstić information content (AvgIpc) is 3.36. The predicted molar refractivity (Wildman–Crippen MR) is 129 cm³/mol. The fourth-order valence-electron chi connectivity index (χ4n) is 4.38. The van der Waals surface area contributed by atoms with Crippen LogP contribution in [0.25, 0.3) is 22.9 Å². The molecule has 1 aromatic heterocycles. The first kappa shape index (κ1) is 21.1. The van der Waals surface area contributed by atoms with Crippen molar-refractivity contribution in [2.75, 3.05) is 13.1 Å². The van der Waals surface area contributed by atoms with Crippen molar-refractivity contribution in [3.63, 3.8) is 0 Å². The summed E-state index contributed by atoms with van der Waals surface area (Å²) in [6.07, 6.45) is 3.18. The minimum atomic E-state index is 0.0885. The van der Waals surface area contributed by atoms with Gasteiger partial charge in [0.1, 0.15) is 0 Å². The molecule has 0 aliphatic carbocycles. The van der Waals surface area contributed by atoms with Crippen LogP contribution in [0.15, 0.2) is 83.3 Å². The maximum Gasteiger partial charge on any atom is 0.253 e. The Morgan fingerprint density at radius 3 is 2.03 bits per heavy atom. The van der Waals surface area contributed by atoms with Crippen LogP contribution < -0.4 is 0 Å². The monoisotopic (exact) mass is 437 g/mol. The smallest absolute Gasteiger partial charge is 0.253 e. The molecule has 1 fully saturated rings. The molecule has 1 aliphatic rings. The summed E-state index contributed by atoms with van der Waals surface area (Å²) in [5.74, 6) is 1.67. The van der Waals surface area contributed by atoms with Gasteiger partial charge in [-0.3, -0.25) is 4.79 Å². The third-order valence-electron chi connectivity index (χ3n) is 6.37. The second-order valence-electron chi connectivity index (χ2n) is 8.78. The second kappa shape index (κ2) is 9.41. The highest BCUT2D eigenvalue weighted by molar-refractivity contribution is 5.94. The SMILES string of the molecule is Cc1ccc(-c2nnc(-c3ccc(C(=O)N4CCC(Cc5ccccc5)CC4)cc3)o2)cc1. The topological polar surface area (TPSA) is 59.2 Å². The average molecular weight is 438 g/mol. The van der Waals surface area contributed by atoms with Crippen molar-refractivity contribution >= 4 is 5.91 Å². The molecule has 1 amide bonds. The maximum atomic E-state index is 13.0. The second-order valence-corrected chi connectivity index (χ2v) is 8.78. The quantitative estimate of drug-likeness (QED) is 0.395. The third kappa shape index (κ3) is 4.87. The lowest BCUT2D eigenvalue weighted by Gasteiger charge is -2.32. The molecule has 3 aromatic carbocycles. The summed E-state index contributed by atoms with van der Waals surface area (Å²) in [5.41, 5.74) is 4.95. The number of likely N-dealkylation sites (tertiary alicyclic amines) is 1. The van der Waals surface area contributed by atoms with E-state index in [0.717, 1.165) is 43.5 Å². The van der Waals surface area contributed by atoms with Gasteiger partial charge in [-0.15, -0.1) is 10.2 Å². The minimum Gasteiger partial charge on any atom is -0.416 e. The Labute approximate surface area is 194 Å². The van der Waals surface area contributed by atoms with Gasteiger partial charge < -0.3 is 9.32 Å². The molecule has 0 bridgehead atoms. The lowest BCUT2D eigenvalue weighted by molar-refractivity contribution is 0.0690. The van der Waals surface area contributed by atoms with Crippen molar-refractivity contribution in [1.82, 2.24) is 15.1 Å². The van der Waals surface area contributed by atoms with Gasteiger partial charge in [-0.1, -0.05) is 48.0 Å². The molecule has 0 saturated carbocycles. The highest BCUT2D eigenvalue weighted by Crippen LogP contribution is 2.26. The lowest BCUT2D eigenvalue weighted by atomic mass is 9.90. The van der Waals surface area contributed by atoms with Crippen molar-refractivity contribution in [3.05, 3.63) is 95.6 Å².